The van der Waals surface area contributed by atoms with E-state index in [9.17, 15) is 0 Å². The van der Waals surface area contributed by atoms with Gasteiger partial charge in [-0.15, -0.1) is 0 Å². The molecule has 0 saturated carbocycles. The summed E-state index contributed by atoms with van der Waals surface area (Å²) >= 11 is 0. The molecule has 1 aromatic heterocycles. The number of aromatic nitrogens is 1. The molecule has 0 spiro atoms. The third-order valence-corrected chi connectivity index (χ3v) is 4.34. The van der Waals surface area contributed by atoms with Crippen LogP contribution in [0.4, 0.5) is 0 Å². The van der Waals surface area contributed by atoms with E-state index in [-0.39, 0.29) is 0 Å². The topological polar surface area (TPSA) is 4.93 Å². The number of hydrogen-bond donors (Lipinski definition) is 0. The zero-order valence-corrected chi connectivity index (χ0v) is 11.6. The molecule has 0 saturated heterocycles. The van der Waals surface area contributed by atoms with Gasteiger partial charge < -0.3 is 4.57 Å². The van der Waals surface area contributed by atoms with E-state index in [1.807, 2.05) is 0 Å². The highest BCUT2D eigenvalue weighted by Crippen LogP contribution is 2.42. The fourth-order valence-electron chi connectivity index (χ4n) is 3.45. The summed E-state index contributed by atoms with van der Waals surface area (Å²) in [5.74, 6) is 0. The van der Waals surface area contributed by atoms with Gasteiger partial charge in [-0.3, -0.25) is 0 Å². The van der Waals surface area contributed by atoms with Gasteiger partial charge in [0, 0.05) is 29.9 Å². The molecule has 0 bridgehead atoms. The maximum Gasteiger partial charge on any atom is 0.0527 e. The molecule has 4 rings (SSSR count). The molecule has 0 aliphatic heterocycles. The Bertz CT molecular complexity index is 821. The van der Waals surface area contributed by atoms with Crippen molar-refractivity contribution in [2.24, 2.45) is 7.05 Å². The van der Waals surface area contributed by atoms with Crippen LogP contribution in [0.5, 0.6) is 0 Å². The van der Waals surface area contributed by atoms with Crippen molar-refractivity contribution in [3.8, 4) is 11.3 Å². The molecular formula is C18H17N. The van der Waals surface area contributed by atoms with E-state index >= 15 is 0 Å². The summed E-state index contributed by atoms with van der Waals surface area (Å²) in [7, 11) is 2.19. The number of rotatable bonds is 0. The standard InChI is InChI=1S/C18H17N/c1-11-4-6-14-13(8-11)10-16-15-9-12(2)5-7-17(15)19(3)18(14)16/h4-9H,10H2,1-3H3. The summed E-state index contributed by atoms with van der Waals surface area (Å²) in [6, 6.07) is 13.6. The quantitative estimate of drug-likeness (QED) is 0.435. The second-order valence-corrected chi connectivity index (χ2v) is 5.74. The van der Waals surface area contributed by atoms with Gasteiger partial charge in [0.25, 0.3) is 0 Å². The SMILES string of the molecule is Cc1ccc2c(c1)Cc1c-2n(C)c2ccc(C)cc12. The van der Waals surface area contributed by atoms with E-state index in [0.717, 1.165) is 6.42 Å². The summed E-state index contributed by atoms with van der Waals surface area (Å²) < 4.78 is 2.35. The molecule has 1 aliphatic carbocycles. The average Bonchev–Trinajstić information content (AvgIpc) is 2.86. The Kier molecular flexibility index (Phi) is 2.00. The highest BCUT2D eigenvalue weighted by atomic mass is 15.0. The van der Waals surface area contributed by atoms with E-state index in [4.69, 9.17) is 0 Å². The van der Waals surface area contributed by atoms with Crippen molar-refractivity contribution in [1.29, 1.82) is 0 Å². The molecule has 19 heavy (non-hydrogen) atoms. The van der Waals surface area contributed by atoms with Gasteiger partial charge in [-0.05, 0) is 37.1 Å². The zero-order valence-electron chi connectivity index (χ0n) is 11.6. The van der Waals surface area contributed by atoms with E-state index in [1.165, 1.54) is 44.4 Å². The fourth-order valence-corrected chi connectivity index (χ4v) is 3.45. The molecule has 0 N–H and O–H groups in total. The van der Waals surface area contributed by atoms with Gasteiger partial charge in [-0.25, -0.2) is 0 Å². The van der Waals surface area contributed by atoms with Crippen LogP contribution in [0, 0.1) is 13.8 Å². The highest BCUT2D eigenvalue weighted by molar-refractivity contribution is 5.95. The van der Waals surface area contributed by atoms with E-state index in [0.29, 0.717) is 0 Å². The summed E-state index contributed by atoms with van der Waals surface area (Å²) in [6.45, 7) is 4.34. The van der Waals surface area contributed by atoms with Crippen molar-refractivity contribution in [2.45, 2.75) is 20.3 Å². The van der Waals surface area contributed by atoms with Crippen LogP contribution in [0.3, 0.4) is 0 Å². The number of aryl methyl sites for hydroxylation is 3. The predicted octanol–water partition coefficient (Wildman–Crippen LogP) is 4.37. The molecule has 1 heterocycles. The lowest BCUT2D eigenvalue weighted by Gasteiger charge is -2.06. The first-order valence-electron chi connectivity index (χ1n) is 6.83. The van der Waals surface area contributed by atoms with Gasteiger partial charge in [0.15, 0.2) is 0 Å². The van der Waals surface area contributed by atoms with Crippen LogP contribution in [0.25, 0.3) is 22.2 Å². The van der Waals surface area contributed by atoms with E-state index in [1.54, 1.807) is 0 Å². The van der Waals surface area contributed by atoms with Crippen LogP contribution in [-0.4, -0.2) is 4.57 Å². The van der Waals surface area contributed by atoms with Crippen molar-refractivity contribution in [3.05, 3.63) is 58.7 Å². The van der Waals surface area contributed by atoms with Gasteiger partial charge >= 0.3 is 0 Å². The Morgan fingerprint density at radius 3 is 2.53 bits per heavy atom. The Hall–Kier alpha value is -2.02. The molecule has 0 unspecified atom stereocenters. The monoisotopic (exact) mass is 247 g/mol. The van der Waals surface area contributed by atoms with Crippen molar-refractivity contribution in [3.63, 3.8) is 0 Å². The minimum absolute atomic E-state index is 1.08. The summed E-state index contributed by atoms with van der Waals surface area (Å²) in [6.07, 6.45) is 1.08. The van der Waals surface area contributed by atoms with Crippen LogP contribution in [-0.2, 0) is 13.5 Å². The maximum atomic E-state index is 2.35. The third-order valence-electron chi connectivity index (χ3n) is 4.34. The molecule has 2 aromatic carbocycles. The van der Waals surface area contributed by atoms with Crippen molar-refractivity contribution in [1.82, 2.24) is 4.57 Å². The molecule has 94 valence electrons. The molecule has 0 fully saturated rings. The average molecular weight is 247 g/mol. The first kappa shape index (κ1) is 10.9. The zero-order chi connectivity index (χ0) is 13.1. The second-order valence-electron chi connectivity index (χ2n) is 5.74. The maximum absolute atomic E-state index is 2.35. The van der Waals surface area contributed by atoms with Crippen LogP contribution >= 0.6 is 0 Å². The van der Waals surface area contributed by atoms with Gasteiger partial charge in [-0.1, -0.05) is 35.4 Å². The number of fused-ring (bicyclic) bond motifs is 5. The van der Waals surface area contributed by atoms with Gasteiger partial charge in [0.2, 0.25) is 0 Å². The lowest BCUT2D eigenvalue weighted by atomic mass is 10.1. The van der Waals surface area contributed by atoms with E-state index in [2.05, 4.69) is 61.9 Å². The van der Waals surface area contributed by atoms with E-state index < -0.39 is 0 Å². The smallest absolute Gasteiger partial charge is 0.0527 e. The Morgan fingerprint density at radius 2 is 1.68 bits per heavy atom. The van der Waals surface area contributed by atoms with Gasteiger partial charge in [-0.2, -0.15) is 0 Å². The predicted molar refractivity (Wildman–Crippen MR) is 80.6 cm³/mol. The molecule has 1 nitrogen and oxygen atoms in total. The summed E-state index contributed by atoms with van der Waals surface area (Å²) in [5, 5.41) is 1.42. The third kappa shape index (κ3) is 1.36. The van der Waals surface area contributed by atoms with Crippen molar-refractivity contribution < 1.29 is 0 Å². The number of nitrogens with zero attached hydrogens (tertiary/aromatic N) is 1. The second kappa shape index (κ2) is 3.51. The summed E-state index contributed by atoms with van der Waals surface area (Å²) in [4.78, 5) is 0. The lowest BCUT2D eigenvalue weighted by molar-refractivity contribution is 0.978. The van der Waals surface area contributed by atoms with Crippen molar-refractivity contribution in [2.75, 3.05) is 0 Å². The molecule has 1 aliphatic rings. The largest absolute Gasteiger partial charge is 0.343 e. The normalized spacial score (nSPS) is 12.8. The lowest BCUT2D eigenvalue weighted by Crippen LogP contribution is -1.91. The Labute approximate surface area is 113 Å². The molecule has 1 heteroatoms. The fraction of sp³-hybridized carbons (Fsp3) is 0.222. The van der Waals surface area contributed by atoms with Crippen LogP contribution < -0.4 is 0 Å². The first-order valence-corrected chi connectivity index (χ1v) is 6.83. The number of hydrogen-bond acceptors (Lipinski definition) is 0. The van der Waals surface area contributed by atoms with Crippen LogP contribution in [0.15, 0.2) is 36.4 Å². The van der Waals surface area contributed by atoms with Crippen LogP contribution in [0.2, 0.25) is 0 Å². The van der Waals surface area contributed by atoms with Gasteiger partial charge in [0.05, 0.1) is 5.69 Å². The van der Waals surface area contributed by atoms with Crippen molar-refractivity contribution >= 4 is 10.9 Å². The van der Waals surface area contributed by atoms with Gasteiger partial charge in [0.1, 0.15) is 0 Å². The molecule has 0 amide bonds. The minimum atomic E-state index is 1.08. The minimum Gasteiger partial charge on any atom is -0.343 e. The Balaban J connectivity index is 2.10. The number of benzene rings is 2. The summed E-state index contributed by atoms with van der Waals surface area (Å²) in [5.41, 5.74) is 9.85. The molecular weight excluding hydrogens is 230 g/mol. The molecule has 3 aromatic rings. The van der Waals surface area contributed by atoms with Crippen LogP contribution in [0.1, 0.15) is 22.3 Å². The Morgan fingerprint density at radius 1 is 0.947 bits per heavy atom. The highest BCUT2D eigenvalue weighted by Gasteiger charge is 2.25. The molecule has 0 atom stereocenters. The first-order chi connectivity index (χ1) is 9.15. The molecule has 0 radical (unpaired) electrons.